The third kappa shape index (κ3) is 3.90. The molecule has 0 unspecified atom stereocenters. The lowest BCUT2D eigenvalue weighted by Gasteiger charge is -2.26. The van der Waals surface area contributed by atoms with Gasteiger partial charge in [-0.25, -0.2) is 0 Å². The van der Waals surface area contributed by atoms with Gasteiger partial charge in [-0.3, -0.25) is 0 Å². The third-order valence-corrected chi connectivity index (χ3v) is 5.75. The number of allylic oxidation sites excluding steroid dienone is 2. The predicted octanol–water partition coefficient (Wildman–Crippen LogP) is 4.91. The van der Waals surface area contributed by atoms with Crippen LogP contribution in [0.2, 0.25) is 0 Å². The fourth-order valence-corrected chi connectivity index (χ4v) is 4.69. The topological polar surface area (TPSA) is 0 Å². The van der Waals surface area contributed by atoms with E-state index in [2.05, 4.69) is 47.6 Å². The first-order chi connectivity index (χ1) is 6.83. The fraction of sp³-hybridized carbons (Fsp3) is 0.833. The van der Waals surface area contributed by atoms with Gasteiger partial charge in [-0.1, -0.05) is 54.0 Å². The van der Waals surface area contributed by atoms with Gasteiger partial charge in [0, 0.05) is 11.5 Å². The SMILES string of the molecule is CCCCSSCC1(CC)CC=CC1. The molecule has 14 heavy (non-hydrogen) atoms. The van der Waals surface area contributed by atoms with E-state index < -0.39 is 0 Å². The van der Waals surface area contributed by atoms with Crippen molar-refractivity contribution in [2.75, 3.05) is 11.5 Å². The van der Waals surface area contributed by atoms with Crippen molar-refractivity contribution in [3.63, 3.8) is 0 Å². The molecule has 0 fully saturated rings. The van der Waals surface area contributed by atoms with Crippen molar-refractivity contribution in [1.29, 1.82) is 0 Å². The van der Waals surface area contributed by atoms with Crippen molar-refractivity contribution in [1.82, 2.24) is 0 Å². The quantitative estimate of drug-likeness (QED) is 0.346. The molecule has 0 aromatic rings. The van der Waals surface area contributed by atoms with Crippen LogP contribution in [0.15, 0.2) is 12.2 Å². The average Bonchev–Trinajstić information content (AvgIpc) is 2.67. The van der Waals surface area contributed by atoms with E-state index in [-0.39, 0.29) is 0 Å². The standard InChI is InChI=1S/C12H22S2/c1-3-5-10-13-14-11-12(4-2)8-6-7-9-12/h6-7H,3-5,8-11H2,1-2H3. The Morgan fingerprint density at radius 3 is 2.43 bits per heavy atom. The Labute approximate surface area is 96.7 Å². The number of hydrogen-bond acceptors (Lipinski definition) is 2. The Morgan fingerprint density at radius 1 is 1.14 bits per heavy atom. The van der Waals surface area contributed by atoms with Crippen molar-refractivity contribution < 1.29 is 0 Å². The van der Waals surface area contributed by atoms with Crippen LogP contribution in [0, 0.1) is 5.41 Å². The van der Waals surface area contributed by atoms with Gasteiger partial charge in [0.15, 0.2) is 0 Å². The highest BCUT2D eigenvalue weighted by molar-refractivity contribution is 8.76. The summed E-state index contributed by atoms with van der Waals surface area (Å²) >= 11 is 0. The predicted molar refractivity (Wildman–Crippen MR) is 70.9 cm³/mol. The van der Waals surface area contributed by atoms with Crippen LogP contribution in [0.25, 0.3) is 0 Å². The van der Waals surface area contributed by atoms with Crippen LogP contribution in [0.3, 0.4) is 0 Å². The zero-order valence-corrected chi connectivity index (χ0v) is 11.1. The summed E-state index contributed by atoms with van der Waals surface area (Å²) in [7, 11) is 4.16. The molecule has 0 N–H and O–H groups in total. The van der Waals surface area contributed by atoms with Crippen molar-refractivity contribution in [2.24, 2.45) is 5.41 Å². The van der Waals surface area contributed by atoms with Gasteiger partial charge < -0.3 is 0 Å². The molecule has 0 aromatic heterocycles. The van der Waals surface area contributed by atoms with Crippen LogP contribution in [-0.2, 0) is 0 Å². The Balaban J connectivity index is 2.09. The van der Waals surface area contributed by atoms with Crippen LogP contribution in [0.5, 0.6) is 0 Å². The number of rotatable bonds is 7. The maximum Gasteiger partial charge on any atom is 0.00994 e. The Hall–Kier alpha value is 0.440. The van der Waals surface area contributed by atoms with Gasteiger partial charge in [-0.05, 0) is 31.1 Å². The zero-order valence-electron chi connectivity index (χ0n) is 9.42. The molecule has 0 spiro atoms. The minimum atomic E-state index is 0.615. The summed E-state index contributed by atoms with van der Waals surface area (Å²) in [5.74, 6) is 2.67. The molecule has 0 saturated carbocycles. The summed E-state index contributed by atoms with van der Waals surface area (Å²) < 4.78 is 0. The van der Waals surface area contributed by atoms with E-state index in [1.807, 2.05) is 0 Å². The molecule has 0 aliphatic heterocycles. The van der Waals surface area contributed by atoms with Crippen molar-refractivity contribution in [2.45, 2.75) is 46.0 Å². The monoisotopic (exact) mass is 230 g/mol. The smallest absolute Gasteiger partial charge is 0.00994 e. The second-order valence-corrected chi connectivity index (χ2v) is 6.75. The molecule has 0 heterocycles. The lowest BCUT2D eigenvalue weighted by Crippen LogP contribution is -2.18. The van der Waals surface area contributed by atoms with E-state index in [4.69, 9.17) is 0 Å². The fourth-order valence-electron chi connectivity index (χ4n) is 1.69. The van der Waals surface area contributed by atoms with Crippen molar-refractivity contribution in [3.05, 3.63) is 12.2 Å². The molecule has 1 rings (SSSR count). The molecule has 0 bridgehead atoms. The highest BCUT2D eigenvalue weighted by Gasteiger charge is 2.28. The summed E-state index contributed by atoms with van der Waals surface area (Å²) in [4.78, 5) is 0. The van der Waals surface area contributed by atoms with Crippen LogP contribution >= 0.6 is 21.6 Å². The first-order valence-corrected chi connectivity index (χ1v) is 8.21. The average molecular weight is 230 g/mol. The molecular weight excluding hydrogens is 208 g/mol. The van der Waals surface area contributed by atoms with Gasteiger partial charge in [0.2, 0.25) is 0 Å². The minimum Gasteiger partial charge on any atom is -0.0941 e. The van der Waals surface area contributed by atoms with Crippen LogP contribution in [-0.4, -0.2) is 11.5 Å². The largest absolute Gasteiger partial charge is 0.0941 e. The summed E-state index contributed by atoms with van der Waals surface area (Å²) in [6, 6.07) is 0. The second-order valence-electron chi connectivity index (χ2n) is 4.17. The zero-order chi connectivity index (χ0) is 10.3. The summed E-state index contributed by atoms with van der Waals surface area (Å²) in [5.41, 5.74) is 0.615. The number of unbranched alkanes of at least 4 members (excludes halogenated alkanes) is 1. The highest BCUT2D eigenvalue weighted by atomic mass is 33.1. The van der Waals surface area contributed by atoms with E-state index in [9.17, 15) is 0 Å². The van der Waals surface area contributed by atoms with Gasteiger partial charge in [-0.2, -0.15) is 0 Å². The van der Waals surface area contributed by atoms with Gasteiger partial charge in [0.1, 0.15) is 0 Å². The molecule has 1 aliphatic rings. The van der Waals surface area contributed by atoms with Gasteiger partial charge in [-0.15, -0.1) is 0 Å². The third-order valence-electron chi connectivity index (χ3n) is 3.05. The normalized spacial score (nSPS) is 19.0. The van der Waals surface area contributed by atoms with E-state index in [1.54, 1.807) is 0 Å². The van der Waals surface area contributed by atoms with E-state index in [0.29, 0.717) is 5.41 Å². The van der Waals surface area contributed by atoms with Crippen LogP contribution in [0.4, 0.5) is 0 Å². The van der Waals surface area contributed by atoms with Crippen LogP contribution < -0.4 is 0 Å². The lowest BCUT2D eigenvalue weighted by molar-refractivity contribution is 0.348. The maximum absolute atomic E-state index is 2.36. The Bertz CT molecular complexity index is 167. The van der Waals surface area contributed by atoms with Crippen molar-refractivity contribution in [3.8, 4) is 0 Å². The van der Waals surface area contributed by atoms with E-state index in [1.165, 1.54) is 43.6 Å². The molecule has 2 heteroatoms. The van der Waals surface area contributed by atoms with Gasteiger partial charge in [0.25, 0.3) is 0 Å². The first kappa shape index (κ1) is 12.5. The second kappa shape index (κ2) is 6.84. The molecule has 0 atom stereocenters. The molecule has 0 nitrogen and oxygen atoms in total. The molecule has 1 aliphatic carbocycles. The van der Waals surface area contributed by atoms with E-state index >= 15 is 0 Å². The van der Waals surface area contributed by atoms with Crippen molar-refractivity contribution >= 4 is 21.6 Å². The van der Waals surface area contributed by atoms with Gasteiger partial charge in [0.05, 0.1) is 0 Å². The summed E-state index contributed by atoms with van der Waals surface area (Å²) in [5, 5.41) is 0. The Kier molecular flexibility index (Phi) is 6.11. The minimum absolute atomic E-state index is 0.615. The first-order valence-electron chi connectivity index (χ1n) is 5.72. The lowest BCUT2D eigenvalue weighted by atomic mass is 9.85. The van der Waals surface area contributed by atoms with Crippen LogP contribution in [0.1, 0.15) is 46.0 Å². The van der Waals surface area contributed by atoms with E-state index in [0.717, 1.165) is 0 Å². The molecule has 0 amide bonds. The molecular formula is C12H22S2. The molecule has 0 aromatic carbocycles. The number of hydrogen-bond donors (Lipinski definition) is 0. The van der Waals surface area contributed by atoms with Gasteiger partial charge >= 0.3 is 0 Å². The maximum atomic E-state index is 2.36. The summed E-state index contributed by atoms with van der Waals surface area (Å²) in [6.45, 7) is 4.60. The highest BCUT2D eigenvalue weighted by Crippen LogP contribution is 2.42. The molecule has 0 saturated heterocycles. The summed E-state index contributed by atoms with van der Waals surface area (Å²) in [6.07, 6.45) is 11.4. The Morgan fingerprint density at radius 2 is 1.86 bits per heavy atom. The molecule has 82 valence electrons. The molecule has 0 radical (unpaired) electrons.